The van der Waals surface area contributed by atoms with Gasteiger partial charge in [-0.2, -0.15) is 0 Å². The van der Waals surface area contributed by atoms with Crippen LogP contribution in [0, 0.1) is 0 Å². The molecule has 0 radical (unpaired) electrons. The van der Waals surface area contributed by atoms with Crippen LogP contribution < -0.4 is 15.5 Å². The molecule has 3 rings (SSSR count). The zero-order chi connectivity index (χ0) is 15.2. The summed E-state index contributed by atoms with van der Waals surface area (Å²) < 4.78 is 4.88. The van der Waals surface area contributed by atoms with E-state index in [4.69, 9.17) is 4.42 Å². The highest BCUT2D eigenvalue weighted by atomic mass is 16.3. The zero-order valence-electron chi connectivity index (χ0n) is 12.3. The Bertz CT molecular complexity index is 608. The molecule has 1 fully saturated rings. The van der Waals surface area contributed by atoms with Crippen molar-refractivity contribution >= 4 is 17.5 Å². The molecule has 116 valence electrons. The van der Waals surface area contributed by atoms with E-state index in [0.717, 1.165) is 24.7 Å². The quantitative estimate of drug-likeness (QED) is 0.787. The van der Waals surface area contributed by atoms with Gasteiger partial charge in [-0.3, -0.25) is 4.79 Å². The van der Waals surface area contributed by atoms with Crippen LogP contribution in [-0.4, -0.2) is 42.1 Å². The third-order valence-corrected chi connectivity index (χ3v) is 3.58. The minimum atomic E-state index is -0.143. The summed E-state index contributed by atoms with van der Waals surface area (Å²) in [6.07, 6.45) is 6.91. The van der Waals surface area contributed by atoms with Gasteiger partial charge in [0.25, 0.3) is 5.91 Å². The Morgan fingerprint density at radius 2 is 2.14 bits per heavy atom. The normalized spacial score (nSPS) is 14.1. The lowest BCUT2D eigenvalue weighted by molar-refractivity contribution is 0.0954. The molecule has 2 aromatic rings. The van der Waals surface area contributed by atoms with Crippen LogP contribution in [0.25, 0.3) is 0 Å². The van der Waals surface area contributed by atoms with Crippen molar-refractivity contribution in [2.45, 2.75) is 12.8 Å². The monoisotopic (exact) mass is 301 g/mol. The van der Waals surface area contributed by atoms with Crippen molar-refractivity contribution in [1.29, 1.82) is 0 Å². The number of carbonyl (C=O) groups is 1. The van der Waals surface area contributed by atoms with E-state index in [1.807, 2.05) is 6.07 Å². The summed E-state index contributed by atoms with van der Waals surface area (Å²) in [6, 6.07) is 3.58. The van der Waals surface area contributed by atoms with Crippen molar-refractivity contribution in [2.75, 3.05) is 36.4 Å². The number of carbonyl (C=O) groups excluding carboxylic acids is 1. The molecule has 2 aromatic heterocycles. The van der Waals surface area contributed by atoms with Gasteiger partial charge in [0.05, 0.1) is 11.8 Å². The highest BCUT2D eigenvalue weighted by Gasteiger charge is 2.13. The number of furan rings is 1. The summed E-state index contributed by atoms with van der Waals surface area (Å²) in [5.41, 5.74) is 0.526. The summed E-state index contributed by atoms with van der Waals surface area (Å²) in [7, 11) is 0. The molecule has 2 N–H and O–H groups in total. The summed E-state index contributed by atoms with van der Waals surface area (Å²) in [5.74, 6) is 1.59. The van der Waals surface area contributed by atoms with Crippen LogP contribution >= 0.6 is 0 Å². The standard InChI is InChI=1S/C15H19N5O2/c21-15(12-3-8-22-10-12)17-5-4-16-13-9-14(19-11-18-13)20-6-1-2-7-20/h3,8-11H,1-2,4-7H2,(H,17,21)(H,16,18,19). The number of nitrogens with one attached hydrogen (secondary N) is 2. The van der Waals surface area contributed by atoms with Crippen LogP contribution in [0.3, 0.4) is 0 Å². The molecule has 1 saturated heterocycles. The average Bonchev–Trinajstić information content (AvgIpc) is 3.24. The molecule has 0 aromatic carbocycles. The fourth-order valence-electron chi connectivity index (χ4n) is 2.43. The van der Waals surface area contributed by atoms with Crippen LogP contribution in [-0.2, 0) is 0 Å². The molecular formula is C15H19N5O2. The third kappa shape index (κ3) is 3.55. The summed E-state index contributed by atoms with van der Waals surface area (Å²) in [6.45, 7) is 3.21. The number of anilines is 2. The zero-order valence-corrected chi connectivity index (χ0v) is 12.3. The third-order valence-electron chi connectivity index (χ3n) is 3.58. The number of aromatic nitrogens is 2. The first kappa shape index (κ1) is 14.4. The average molecular weight is 301 g/mol. The van der Waals surface area contributed by atoms with Crippen LogP contribution in [0.1, 0.15) is 23.2 Å². The highest BCUT2D eigenvalue weighted by molar-refractivity contribution is 5.93. The number of rotatable bonds is 6. The number of hydrogen-bond acceptors (Lipinski definition) is 6. The van der Waals surface area contributed by atoms with Gasteiger partial charge in [-0.1, -0.05) is 0 Å². The van der Waals surface area contributed by atoms with Gasteiger partial charge in [-0.05, 0) is 18.9 Å². The lowest BCUT2D eigenvalue weighted by Crippen LogP contribution is -2.28. The van der Waals surface area contributed by atoms with Crippen molar-refractivity contribution in [1.82, 2.24) is 15.3 Å². The lowest BCUT2D eigenvalue weighted by Gasteiger charge is -2.16. The molecule has 3 heterocycles. The van der Waals surface area contributed by atoms with Gasteiger partial charge >= 0.3 is 0 Å². The molecule has 0 atom stereocenters. The topological polar surface area (TPSA) is 83.3 Å². The fourth-order valence-corrected chi connectivity index (χ4v) is 2.43. The maximum Gasteiger partial charge on any atom is 0.254 e. The minimum Gasteiger partial charge on any atom is -0.472 e. The molecule has 1 aliphatic rings. The van der Waals surface area contributed by atoms with Crippen molar-refractivity contribution < 1.29 is 9.21 Å². The first-order valence-electron chi connectivity index (χ1n) is 7.44. The van der Waals surface area contributed by atoms with E-state index in [9.17, 15) is 4.79 Å². The van der Waals surface area contributed by atoms with E-state index in [1.54, 1.807) is 12.4 Å². The molecular weight excluding hydrogens is 282 g/mol. The predicted octanol–water partition coefficient (Wildman–Crippen LogP) is 1.51. The highest BCUT2D eigenvalue weighted by Crippen LogP contribution is 2.18. The molecule has 1 amide bonds. The Balaban J connectivity index is 1.45. The van der Waals surface area contributed by atoms with Gasteiger partial charge in [0.2, 0.25) is 0 Å². The number of hydrogen-bond donors (Lipinski definition) is 2. The van der Waals surface area contributed by atoms with Gasteiger partial charge in [-0.25, -0.2) is 9.97 Å². The van der Waals surface area contributed by atoms with Crippen LogP contribution in [0.5, 0.6) is 0 Å². The van der Waals surface area contributed by atoms with Gasteiger partial charge in [0.15, 0.2) is 0 Å². The molecule has 0 bridgehead atoms. The molecule has 1 aliphatic heterocycles. The Morgan fingerprint density at radius 3 is 2.91 bits per heavy atom. The van der Waals surface area contributed by atoms with E-state index < -0.39 is 0 Å². The van der Waals surface area contributed by atoms with Gasteiger partial charge < -0.3 is 20.0 Å². The minimum absolute atomic E-state index is 0.143. The van der Waals surface area contributed by atoms with E-state index >= 15 is 0 Å². The van der Waals surface area contributed by atoms with E-state index in [2.05, 4.69) is 25.5 Å². The Morgan fingerprint density at radius 1 is 1.27 bits per heavy atom. The molecule has 7 nitrogen and oxygen atoms in total. The van der Waals surface area contributed by atoms with Crippen molar-refractivity contribution in [3.05, 3.63) is 36.5 Å². The second kappa shape index (κ2) is 6.93. The van der Waals surface area contributed by atoms with Crippen molar-refractivity contribution in [3.63, 3.8) is 0 Å². The molecule has 0 aliphatic carbocycles. The molecule has 0 unspecified atom stereocenters. The predicted molar refractivity (Wildman–Crippen MR) is 83.0 cm³/mol. The first-order chi connectivity index (χ1) is 10.8. The smallest absolute Gasteiger partial charge is 0.254 e. The van der Waals surface area contributed by atoms with Gasteiger partial charge in [0, 0.05) is 32.2 Å². The Labute approximate surface area is 128 Å². The van der Waals surface area contributed by atoms with Gasteiger partial charge in [-0.15, -0.1) is 0 Å². The van der Waals surface area contributed by atoms with Crippen LogP contribution in [0.4, 0.5) is 11.6 Å². The van der Waals surface area contributed by atoms with Crippen molar-refractivity contribution in [3.8, 4) is 0 Å². The van der Waals surface area contributed by atoms with Crippen LogP contribution in [0.2, 0.25) is 0 Å². The Kier molecular flexibility index (Phi) is 4.53. The van der Waals surface area contributed by atoms with E-state index in [1.165, 1.54) is 25.4 Å². The molecule has 0 spiro atoms. The largest absolute Gasteiger partial charge is 0.472 e. The van der Waals surface area contributed by atoms with E-state index in [-0.39, 0.29) is 5.91 Å². The molecule has 22 heavy (non-hydrogen) atoms. The second-order valence-electron chi connectivity index (χ2n) is 5.15. The first-order valence-corrected chi connectivity index (χ1v) is 7.44. The number of amides is 1. The number of nitrogens with zero attached hydrogens (tertiary/aromatic N) is 3. The molecule has 7 heteroatoms. The van der Waals surface area contributed by atoms with E-state index in [0.29, 0.717) is 18.7 Å². The maximum absolute atomic E-state index is 11.7. The SMILES string of the molecule is O=C(NCCNc1cc(N2CCCC2)ncn1)c1ccoc1. The Hall–Kier alpha value is -2.57. The lowest BCUT2D eigenvalue weighted by atomic mass is 10.3. The molecule has 0 saturated carbocycles. The van der Waals surface area contributed by atoms with Crippen molar-refractivity contribution in [2.24, 2.45) is 0 Å². The maximum atomic E-state index is 11.7. The summed E-state index contributed by atoms with van der Waals surface area (Å²) in [4.78, 5) is 22.5. The second-order valence-corrected chi connectivity index (χ2v) is 5.15. The summed E-state index contributed by atoms with van der Waals surface area (Å²) in [5, 5.41) is 6.00. The fraction of sp³-hybridized carbons (Fsp3) is 0.400. The summed E-state index contributed by atoms with van der Waals surface area (Å²) >= 11 is 0. The van der Waals surface area contributed by atoms with Gasteiger partial charge in [0.1, 0.15) is 24.2 Å². The van der Waals surface area contributed by atoms with Crippen LogP contribution in [0.15, 0.2) is 35.4 Å².